The molecule has 0 aromatic heterocycles. The Morgan fingerprint density at radius 1 is 0.455 bits per heavy atom. The minimum atomic E-state index is -3.60. The Balaban J connectivity index is 1.02. The second kappa shape index (κ2) is 13.6. The van der Waals surface area contributed by atoms with Crippen molar-refractivity contribution in [1.82, 2.24) is 0 Å². The first kappa shape index (κ1) is 36.8. The number of hydrogen-bond acceptors (Lipinski definition) is 4. The van der Waals surface area contributed by atoms with E-state index in [1.807, 2.05) is 19.1 Å². The summed E-state index contributed by atoms with van der Waals surface area (Å²) in [6.45, 7) is 17.6. The first-order valence-electron chi connectivity index (χ1n) is 19.7. The van der Waals surface area contributed by atoms with Crippen LogP contribution in [0.5, 0.6) is 0 Å². The lowest BCUT2D eigenvalue weighted by Crippen LogP contribution is -2.44. The molecule has 4 nitrogen and oxygen atoms in total. The highest BCUT2D eigenvalue weighted by atomic mass is 32.2. The van der Waals surface area contributed by atoms with Crippen molar-refractivity contribution in [2.24, 2.45) is 11.8 Å². The number of para-hydroxylation sites is 4. The molecule has 0 spiro atoms. The molecule has 4 atom stereocenters. The number of benzene rings is 6. The van der Waals surface area contributed by atoms with Gasteiger partial charge >= 0.3 is 0 Å². The zero-order valence-electron chi connectivity index (χ0n) is 33.3. The summed E-state index contributed by atoms with van der Waals surface area (Å²) in [6, 6.07) is 50.8. The van der Waals surface area contributed by atoms with Crippen molar-refractivity contribution in [2.45, 2.75) is 82.4 Å². The summed E-state index contributed by atoms with van der Waals surface area (Å²) < 4.78 is 28.5. The quantitative estimate of drug-likeness (QED) is 0.156. The molecule has 55 heavy (non-hydrogen) atoms. The Morgan fingerprint density at radius 3 is 1.25 bits per heavy atom. The summed E-state index contributed by atoms with van der Waals surface area (Å²) in [4.78, 5) is 5.16. The Hall–Kier alpha value is -5.13. The van der Waals surface area contributed by atoms with Gasteiger partial charge in [-0.15, -0.1) is 0 Å². The van der Waals surface area contributed by atoms with E-state index >= 15 is 0 Å². The van der Waals surface area contributed by atoms with Crippen molar-refractivity contribution in [3.8, 4) is 11.1 Å². The van der Waals surface area contributed by atoms with Gasteiger partial charge in [-0.1, -0.05) is 139 Å². The lowest BCUT2D eigenvalue weighted by atomic mass is 9.72. The van der Waals surface area contributed by atoms with Gasteiger partial charge in [-0.05, 0) is 108 Å². The van der Waals surface area contributed by atoms with Crippen LogP contribution < -0.4 is 9.80 Å². The van der Waals surface area contributed by atoms with Crippen LogP contribution in [-0.4, -0.2) is 19.7 Å². The lowest BCUT2D eigenvalue weighted by molar-refractivity contribution is 0.325. The standard InChI is InChI=1S/C50H52N2O2S/c1-33(35(3)51-45-21-13-9-17-41(45)49(5,6)42-18-10-14-22-46(42)51)34(2)36(4)55(53,54)40-31-27-38(28-32-40)37-25-29-39(30-26-37)52-47-23-15-11-19-43(47)50(7,8)44-20-12-16-24-48(44)52/h9-36H,1-8H3/t33-,34-,35?,36-/m0/s1. The van der Waals surface area contributed by atoms with Crippen LogP contribution >= 0.6 is 0 Å². The highest BCUT2D eigenvalue weighted by Crippen LogP contribution is 2.53. The summed E-state index contributed by atoms with van der Waals surface area (Å²) in [7, 11) is -3.60. The van der Waals surface area contributed by atoms with Crippen LogP contribution in [0.25, 0.3) is 11.1 Å². The number of rotatable bonds is 8. The van der Waals surface area contributed by atoms with Crippen molar-refractivity contribution >= 4 is 38.3 Å². The average Bonchev–Trinajstić information content (AvgIpc) is 3.20. The molecule has 0 N–H and O–H groups in total. The third-order valence-corrected chi connectivity index (χ3v) is 15.5. The van der Waals surface area contributed by atoms with Gasteiger partial charge in [0.1, 0.15) is 0 Å². The van der Waals surface area contributed by atoms with Crippen molar-refractivity contribution in [3.63, 3.8) is 0 Å². The molecule has 0 aliphatic carbocycles. The highest BCUT2D eigenvalue weighted by molar-refractivity contribution is 7.92. The fourth-order valence-electron chi connectivity index (χ4n) is 9.32. The van der Waals surface area contributed by atoms with E-state index in [4.69, 9.17) is 0 Å². The molecular formula is C50H52N2O2S. The van der Waals surface area contributed by atoms with Crippen LogP contribution in [0.15, 0.2) is 150 Å². The molecule has 6 aromatic carbocycles. The minimum Gasteiger partial charge on any atom is -0.338 e. The van der Waals surface area contributed by atoms with Crippen LogP contribution in [0.4, 0.5) is 28.4 Å². The number of fused-ring (bicyclic) bond motifs is 4. The molecule has 0 saturated heterocycles. The maximum atomic E-state index is 14.3. The summed E-state index contributed by atoms with van der Waals surface area (Å²) >= 11 is 0. The first-order chi connectivity index (χ1) is 26.2. The van der Waals surface area contributed by atoms with E-state index in [1.54, 1.807) is 12.1 Å². The molecule has 5 heteroatoms. The third-order valence-electron chi connectivity index (χ3n) is 13.2. The number of hydrogen-bond donors (Lipinski definition) is 0. The van der Waals surface area contributed by atoms with E-state index in [0.717, 1.165) is 16.8 Å². The minimum absolute atomic E-state index is 0.0646. The predicted octanol–water partition coefficient (Wildman–Crippen LogP) is 12.8. The molecular weight excluding hydrogens is 693 g/mol. The van der Waals surface area contributed by atoms with Gasteiger partial charge in [-0.25, -0.2) is 8.42 Å². The SMILES string of the molecule is CC([C@@H](C)[C@H](C)[C@H](C)S(=O)(=O)c1ccc(-c2ccc(N3c4ccccc4C(C)(C)c4ccccc43)cc2)cc1)N1c2ccccc2C(C)(C)c2ccccc21. The van der Waals surface area contributed by atoms with Crippen LogP contribution in [0.1, 0.15) is 77.6 Å². The second-order valence-electron chi connectivity index (χ2n) is 16.8. The molecule has 0 amide bonds. The molecule has 0 radical (unpaired) electrons. The fourth-order valence-corrected chi connectivity index (χ4v) is 11.1. The molecule has 1 unspecified atom stereocenters. The van der Waals surface area contributed by atoms with Gasteiger partial charge in [0.2, 0.25) is 0 Å². The summed E-state index contributed by atoms with van der Waals surface area (Å²) in [6.07, 6.45) is 0. The molecule has 0 bridgehead atoms. The van der Waals surface area contributed by atoms with Gasteiger partial charge in [0.05, 0.1) is 21.5 Å². The van der Waals surface area contributed by atoms with Crippen molar-refractivity contribution in [3.05, 3.63) is 168 Å². The van der Waals surface area contributed by atoms with Crippen LogP contribution in [0, 0.1) is 11.8 Å². The van der Waals surface area contributed by atoms with Crippen LogP contribution in [0.2, 0.25) is 0 Å². The smallest absolute Gasteiger partial charge is 0.181 e. The van der Waals surface area contributed by atoms with Gasteiger partial charge < -0.3 is 9.80 Å². The number of nitrogens with zero attached hydrogens (tertiary/aromatic N) is 2. The van der Waals surface area contributed by atoms with Gasteiger partial charge in [0.15, 0.2) is 9.84 Å². The Bertz CT molecular complexity index is 2380. The van der Waals surface area contributed by atoms with E-state index < -0.39 is 15.1 Å². The predicted molar refractivity (Wildman–Crippen MR) is 230 cm³/mol. The average molecular weight is 745 g/mol. The third kappa shape index (κ3) is 5.90. The van der Waals surface area contributed by atoms with E-state index in [-0.39, 0.29) is 28.7 Å². The van der Waals surface area contributed by atoms with Crippen LogP contribution in [-0.2, 0) is 20.7 Å². The van der Waals surface area contributed by atoms with E-state index in [0.29, 0.717) is 4.90 Å². The Kier molecular flexibility index (Phi) is 9.08. The Morgan fingerprint density at radius 2 is 0.818 bits per heavy atom. The number of anilines is 5. The highest BCUT2D eigenvalue weighted by Gasteiger charge is 2.41. The topological polar surface area (TPSA) is 40.6 Å². The monoisotopic (exact) mass is 744 g/mol. The molecule has 8 rings (SSSR count). The molecule has 2 aliphatic heterocycles. The van der Waals surface area contributed by atoms with Crippen LogP contribution in [0.3, 0.4) is 0 Å². The van der Waals surface area contributed by atoms with Gasteiger partial charge in [-0.2, -0.15) is 0 Å². The summed E-state index contributed by atoms with van der Waals surface area (Å²) in [5, 5.41) is -0.568. The maximum absolute atomic E-state index is 14.3. The van der Waals surface area contributed by atoms with Gasteiger partial charge in [0, 0.05) is 33.9 Å². The lowest BCUT2D eigenvalue weighted by Gasteiger charge is -2.47. The summed E-state index contributed by atoms with van der Waals surface area (Å²) in [5.41, 5.74) is 12.8. The van der Waals surface area contributed by atoms with Crippen molar-refractivity contribution < 1.29 is 8.42 Å². The van der Waals surface area contributed by atoms with Crippen molar-refractivity contribution in [1.29, 1.82) is 0 Å². The molecule has 0 fully saturated rings. The fraction of sp³-hybridized carbons (Fsp3) is 0.280. The van der Waals surface area contributed by atoms with E-state index in [2.05, 4.69) is 180 Å². The van der Waals surface area contributed by atoms with Gasteiger partial charge in [-0.3, -0.25) is 0 Å². The molecule has 2 heterocycles. The molecule has 0 saturated carbocycles. The largest absolute Gasteiger partial charge is 0.338 e. The zero-order valence-corrected chi connectivity index (χ0v) is 34.1. The first-order valence-corrected chi connectivity index (χ1v) is 21.2. The van der Waals surface area contributed by atoms with E-state index in [9.17, 15) is 8.42 Å². The number of sulfone groups is 1. The second-order valence-corrected chi connectivity index (χ2v) is 19.1. The Labute approximate surface area is 328 Å². The van der Waals surface area contributed by atoms with Crippen molar-refractivity contribution in [2.75, 3.05) is 9.80 Å². The van der Waals surface area contributed by atoms with Gasteiger partial charge in [0.25, 0.3) is 0 Å². The maximum Gasteiger partial charge on any atom is 0.181 e. The summed E-state index contributed by atoms with van der Waals surface area (Å²) in [5.74, 6) is -0.0214. The molecule has 2 aliphatic rings. The normalized spacial score (nSPS) is 17.5. The zero-order chi connectivity index (χ0) is 38.9. The molecule has 6 aromatic rings. The molecule has 280 valence electrons. The van der Waals surface area contributed by atoms with E-state index in [1.165, 1.54) is 45.0 Å².